The SMILES string of the molecule is Cc1ccc(N2C(=O)[C@H](Cc3ccc(Br)cc3)S/C2=C(\C#N)C(=O)NCc2ccco2)cc1. The number of carbonyl (C=O) groups excluding carboxylic acids is 2. The predicted molar refractivity (Wildman–Crippen MR) is 131 cm³/mol. The van der Waals surface area contributed by atoms with Crippen molar-refractivity contribution in [3.8, 4) is 6.07 Å². The zero-order valence-corrected chi connectivity index (χ0v) is 20.2. The first kappa shape index (κ1) is 22.9. The molecular formula is C25H20BrN3O3S. The van der Waals surface area contributed by atoms with Crippen molar-refractivity contribution in [2.75, 3.05) is 4.90 Å². The number of hydrogen-bond donors (Lipinski definition) is 1. The molecule has 1 atom stereocenters. The minimum absolute atomic E-state index is 0.0983. The Morgan fingerprint density at radius 3 is 2.55 bits per heavy atom. The van der Waals surface area contributed by atoms with Crippen LogP contribution in [0, 0.1) is 18.3 Å². The van der Waals surface area contributed by atoms with Gasteiger partial charge in [0.1, 0.15) is 22.4 Å². The summed E-state index contributed by atoms with van der Waals surface area (Å²) < 4.78 is 6.20. The van der Waals surface area contributed by atoms with Gasteiger partial charge in [-0.25, -0.2) is 0 Å². The molecule has 2 aromatic carbocycles. The van der Waals surface area contributed by atoms with Gasteiger partial charge >= 0.3 is 0 Å². The summed E-state index contributed by atoms with van der Waals surface area (Å²) >= 11 is 4.67. The number of furan rings is 1. The van der Waals surface area contributed by atoms with Crippen LogP contribution in [-0.4, -0.2) is 17.1 Å². The number of anilines is 1. The van der Waals surface area contributed by atoms with E-state index in [1.807, 2.05) is 61.5 Å². The van der Waals surface area contributed by atoms with Crippen LogP contribution in [0.1, 0.15) is 16.9 Å². The summed E-state index contributed by atoms with van der Waals surface area (Å²) in [5.74, 6) is -0.136. The monoisotopic (exact) mass is 521 g/mol. The van der Waals surface area contributed by atoms with Crippen LogP contribution in [0.3, 0.4) is 0 Å². The van der Waals surface area contributed by atoms with Gasteiger partial charge in [-0.2, -0.15) is 5.26 Å². The van der Waals surface area contributed by atoms with Gasteiger partial charge in [0, 0.05) is 10.2 Å². The van der Waals surface area contributed by atoms with Crippen LogP contribution in [0.4, 0.5) is 5.69 Å². The second-order valence-corrected chi connectivity index (χ2v) is 9.61. The van der Waals surface area contributed by atoms with E-state index in [9.17, 15) is 14.9 Å². The molecular weight excluding hydrogens is 502 g/mol. The summed E-state index contributed by atoms with van der Waals surface area (Å²) in [7, 11) is 0. The Labute approximate surface area is 204 Å². The molecule has 1 aromatic heterocycles. The van der Waals surface area contributed by atoms with E-state index in [2.05, 4.69) is 21.2 Å². The Morgan fingerprint density at radius 2 is 1.91 bits per heavy atom. The number of rotatable bonds is 6. The van der Waals surface area contributed by atoms with Crippen LogP contribution < -0.4 is 10.2 Å². The molecule has 1 N–H and O–H groups in total. The summed E-state index contributed by atoms with van der Waals surface area (Å²) in [6, 6.07) is 20.7. The van der Waals surface area contributed by atoms with Gasteiger partial charge in [-0.1, -0.05) is 57.5 Å². The molecule has 1 fully saturated rings. The summed E-state index contributed by atoms with van der Waals surface area (Å²) in [6.45, 7) is 2.11. The van der Waals surface area contributed by atoms with E-state index in [0.717, 1.165) is 15.6 Å². The van der Waals surface area contributed by atoms with Crippen molar-refractivity contribution in [1.29, 1.82) is 5.26 Å². The van der Waals surface area contributed by atoms with Crippen LogP contribution in [0.5, 0.6) is 0 Å². The molecule has 6 nitrogen and oxygen atoms in total. The molecule has 1 saturated heterocycles. The lowest BCUT2D eigenvalue weighted by atomic mass is 10.1. The number of thioether (sulfide) groups is 1. The smallest absolute Gasteiger partial charge is 0.265 e. The summed E-state index contributed by atoms with van der Waals surface area (Å²) in [5, 5.41) is 12.5. The van der Waals surface area contributed by atoms with Crippen molar-refractivity contribution in [2.24, 2.45) is 0 Å². The third kappa shape index (κ3) is 5.21. The summed E-state index contributed by atoms with van der Waals surface area (Å²) in [6.07, 6.45) is 2.00. The van der Waals surface area contributed by atoms with E-state index in [1.54, 1.807) is 12.1 Å². The zero-order valence-electron chi connectivity index (χ0n) is 17.7. The number of nitrogens with zero attached hydrogens (tertiary/aromatic N) is 2. The van der Waals surface area contributed by atoms with Gasteiger partial charge in [0.25, 0.3) is 5.91 Å². The fourth-order valence-corrected chi connectivity index (χ4v) is 4.99. The third-order valence-corrected chi connectivity index (χ3v) is 6.93. The standard InChI is InChI=1S/C25H20BrN3O3S/c1-16-4-10-19(11-5-16)29-24(31)22(13-17-6-8-18(26)9-7-17)33-25(29)21(14-27)23(30)28-15-20-3-2-12-32-20/h2-12,22H,13,15H2,1H3,(H,28,30)/b25-21+/t22-/m0/s1. The van der Waals surface area contributed by atoms with Crippen LogP contribution in [0.25, 0.3) is 0 Å². The largest absolute Gasteiger partial charge is 0.467 e. The third-order valence-electron chi connectivity index (χ3n) is 5.14. The fourth-order valence-electron chi connectivity index (χ4n) is 3.42. The Kier molecular flexibility index (Phi) is 7.02. The highest BCUT2D eigenvalue weighted by molar-refractivity contribution is 9.10. The van der Waals surface area contributed by atoms with Crippen molar-refractivity contribution in [2.45, 2.75) is 25.1 Å². The molecule has 3 aromatic rings. The van der Waals surface area contributed by atoms with Gasteiger partial charge in [-0.3, -0.25) is 14.5 Å². The Bertz CT molecular complexity index is 1230. The molecule has 4 rings (SSSR count). The maximum Gasteiger partial charge on any atom is 0.265 e. The molecule has 0 unspecified atom stereocenters. The minimum Gasteiger partial charge on any atom is -0.467 e. The van der Waals surface area contributed by atoms with Crippen molar-refractivity contribution in [3.63, 3.8) is 0 Å². The second-order valence-electron chi connectivity index (χ2n) is 7.50. The lowest BCUT2D eigenvalue weighted by Crippen LogP contribution is -2.32. The highest BCUT2D eigenvalue weighted by atomic mass is 79.9. The van der Waals surface area contributed by atoms with Crippen molar-refractivity contribution < 1.29 is 14.0 Å². The maximum absolute atomic E-state index is 13.5. The van der Waals surface area contributed by atoms with E-state index in [0.29, 0.717) is 22.9 Å². The highest BCUT2D eigenvalue weighted by Crippen LogP contribution is 2.42. The maximum atomic E-state index is 13.5. The highest BCUT2D eigenvalue weighted by Gasteiger charge is 2.40. The Balaban J connectivity index is 1.67. The molecule has 2 heterocycles. The first-order valence-electron chi connectivity index (χ1n) is 10.2. The number of carbonyl (C=O) groups is 2. The summed E-state index contributed by atoms with van der Waals surface area (Å²) in [5.41, 5.74) is 2.57. The molecule has 0 bridgehead atoms. The Hall–Kier alpha value is -3.28. The van der Waals surface area contributed by atoms with Crippen molar-refractivity contribution in [3.05, 3.63) is 98.9 Å². The van der Waals surface area contributed by atoms with Gasteiger partial charge in [0.05, 0.1) is 18.1 Å². The summed E-state index contributed by atoms with van der Waals surface area (Å²) in [4.78, 5) is 27.9. The predicted octanol–water partition coefficient (Wildman–Crippen LogP) is 5.09. The van der Waals surface area contributed by atoms with E-state index >= 15 is 0 Å². The Morgan fingerprint density at radius 1 is 1.18 bits per heavy atom. The van der Waals surface area contributed by atoms with Crippen LogP contribution in [0.15, 0.2) is 86.4 Å². The molecule has 0 aliphatic carbocycles. The van der Waals surface area contributed by atoms with Gasteiger partial charge in [0.2, 0.25) is 5.91 Å². The van der Waals surface area contributed by atoms with E-state index in [1.165, 1.54) is 22.9 Å². The van der Waals surface area contributed by atoms with Crippen molar-refractivity contribution in [1.82, 2.24) is 5.32 Å². The molecule has 166 valence electrons. The number of halogens is 1. The van der Waals surface area contributed by atoms with E-state index < -0.39 is 11.2 Å². The van der Waals surface area contributed by atoms with Gasteiger partial charge in [-0.05, 0) is 55.3 Å². The number of aryl methyl sites for hydroxylation is 1. The second kappa shape index (κ2) is 10.1. The van der Waals surface area contributed by atoms with Crippen molar-refractivity contribution >= 4 is 45.2 Å². The van der Waals surface area contributed by atoms with Crippen LogP contribution in [0.2, 0.25) is 0 Å². The molecule has 33 heavy (non-hydrogen) atoms. The molecule has 0 radical (unpaired) electrons. The molecule has 8 heteroatoms. The lowest BCUT2D eigenvalue weighted by Gasteiger charge is -2.19. The fraction of sp³-hybridized carbons (Fsp3) is 0.160. The topological polar surface area (TPSA) is 86.3 Å². The van der Waals surface area contributed by atoms with Gasteiger partial charge < -0.3 is 9.73 Å². The number of amides is 2. The number of nitriles is 1. The minimum atomic E-state index is -0.550. The first-order chi connectivity index (χ1) is 16.0. The van der Waals surface area contributed by atoms with Gasteiger partial charge in [-0.15, -0.1) is 0 Å². The van der Waals surface area contributed by atoms with E-state index in [-0.39, 0.29) is 18.0 Å². The van der Waals surface area contributed by atoms with Gasteiger partial charge in [0.15, 0.2) is 0 Å². The average Bonchev–Trinajstić information content (AvgIpc) is 3.44. The average molecular weight is 522 g/mol. The first-order valence-corrected chi connectivity index (χ1v) is 11.9. The molecule has 0 saturated carbocycles. The normalized spacial score (nSPS) is 17.1. The lowest BCUT2D eigenvalue weighted by molar-refractivity contribution is -0.117. The van der Waals surface area contributed by atoms with Crippen LogP contribution >= 0.6 is 27.7 Å². The molecule has 1 aliphatic rings. The molecule has 1 aliphatic heterocycles. The molecule has 0 spiro atoms. The number of hydrogen-bond acceptors (Lipinski definition) is 5. The van der Waals surface area contributed by atoms with Crippen LogP contribution in [-0.2, 0) is 22.6 Å². The quantitative estimate of drug-likeness (QED) is 0.360. The number of benzene rings is 2. The molecule has 2 amide bonds. The number of nitrogens with one attached hydrogen (secondary N) is 1. The zero-order chi connectivity index (χ0) is 23.4. The van der Waals surface area contributed by atoms with E-state index in [4.69, 9.17) is 4.42 Å².